The Bertz CT molecular complexity index is 800. The number of carbonyl (C=O) groups excluding carboxylic acids is 1. The number of nitrogens with zero attached hydrogens (tertiary/aromatic N) is 3. The second-order valence-corrected chi connectivity index (χ2v) is 6.14. The molecule has 1 N–H and O–H groups in total. The number of halogens is 2. The Hall–Kier alpha value is -2.61. The summed E-state index contributed by atoms with van der Waals surface area (Å²) in [5.74, 6) is -1.64. The van der Waals surface area contributed by atoms with Crippen LogP contribution in [0.3, 0.4) is 0 Å². The van der Waals surface area contributed by atoms with Crippen LogP contribution in [0.1, 0.15) is 17.0 Å². The number of hydrogen-bond acceptors (Lipinski definition) is 5. The summed E-state index contributed by atoms with van der Waals surface area (Å²) in [5, 5.41) is 2.77. The van der Waals surface area contributed by atoms with Crippen molar-refractivity contribution in [2.24, 2.45) is 0 Å². The Labute approximate surface area is 150 Å². The van der Waals surface area contributed by atoms with Crippen molar-refractivity contribution >= 4 is 17.5 Å². The van der Waals surface area contributed by atoms with Gasteiger partial charge in [-0.1, -0.05) is 6.07 Å². The summed E-state index contributed by atoms with van der Waals surface area (Å²) in [4.78, 5) is 23.3. The van der Waals surface area contributed by atoms with E-state index in [0.29, 0.717) is 41.8 Å². The highest BCUT2D eigenvalue weighted by molar-refractivity contribution is 5.93. The predicted molar refractivity (Wildman–Crippen MR) is 93.2 cm³/mol. The van der Waals surface area contributed by atoms with E-state index in [9.17, 15) is 13.6 Å². The van der Waals surface area contributed by atoms with Crippen LogP contribution < -0.4 is 10.2 Å². The minimum atomic E-state index is -0.971. The number of aromatic nitrogens is 2. The van der Waals surface area contributed by atoms with Gasteiger partial charge in [-0.2, -0.15) is 0 Å². The standard InChI is InChI=1S/C18H20F2N4O2/c1-11-17(12(2)22-18(21-11)24-5-7-26-8-6-24)23-16(25)10-13-3-4-14(19)15(20)9-13/h3-4,9H,5-8,10H2,1-2H3,(H,23,25). The van der Waals surface area contributed by atoms with E-state index < -0.39 is 11.6 Å². The van der Waals surface area contributed by atoms with Crippen molar-refractivity contribution in [1.82, 2.24) is 9.97 Å². The van der Waals surface area contributed by atoms with Gasteiger partial charge in [-0.15, -0.1) is 0 Å². The molecule has 1 amide bonds. The third-order valence-electron chi connectivity index (χ3n) is 4.17. The van der Waals surface area contributed by atoms with Crippen LogP contribution in [0.25, 0.3) is 0 Å². The first kappa shape index (κ1) is 18.2. The third kappa shape index (κ3) is 4.13. The molecule has 0 aliphatic carbocycles. The first-order valence-electron chi connectivity index (χ1n) is 8.36. The molecule has 1 aromatic heterocycles. The van der Waals surface area contributed by atoms with Gasteiger partial charge in [0.25, 0.3) is 0 Å². The summed E-state index contributed by atoms with van der Waals surface area (Å²) in [6.45, 7) is 6.31. The van der Waals surface area contributed by atoms with Crippen LogP contribution >= 0.6 is 0 Å². The Morgan fingerprint density at radius 3 is 2.42 bits per heavy atom. The van der Waals surface area contributed by atoms with E-state index in [1.165, 1.54) is 6.07 Å². The van der Waals surface area contributed by atoms with Crippen molar-refractivity contribution in [3.8, 4) is 0 Å². The number of rotatable bonds is 4. The normalized spacial score (nSPS) is 14.4. The third-order valence-corrected chi connectivity index (χ3v) is 4.17. The number of morpholine rings is 1. The van der Waals surface area contributed by atoms with Gasteiger partial charge in [0.15, 0.2) is 11.6 Å². The van der Waals surface area contributed by atoms with E-state index >= 15 is 0 Å². The van der Waals surface area contributed by atoms with Crippen molar-refractivity contribution in [2.75, 3.05) is 36.5 Å². The molecule has 0 spiro atoms. The Kier molecular flexibility index (Phi) is 5.41. The highest BCUT2D eigenvalue weighted by Gasteiger charge is 2.18. The zero-order valence-corrected chi connectivity index (χ0v) is 14.7. The van der Waals surface area contributed by atoms with Gasteiger partial charge in [-0.3, -0.25) is 4.79 Å². The minimum Gasteiger partial charge on any atom is -0.378 e. The summed E-state index contributed by atoms with van der Waals surface area (Å²) in [6.07, 6.45) is -0.0682. The molecule has 0 bridgehead atoms. The Morgan fingerprint density at radius 1 is 1.15 bits per heavy atom. The zero-order valence-electron chi connectivity index (χ0n) is 14.7. The molecule has 0 saturated carbocycles. The number of benzene rings is 1. The Balaban J connectivity index is 1.72. The van der Waals surface area contributed by atoms with E-state index in [1.807, 2.05) is 4.90 Å². The van der Waals surface area contributed by atoms with Gasteiger partial charge in [0.1, 0.15) is 0 Å². The van der Waals surface area contributed by atoms with E-state index in [1.54, 1.807) is 13.8 Å². The van der Waals surface area contributed by atoms with Crippen LogP contribution in [0, 0.1) is 25.5 Å². The molecule has 1 fully saturated rings. The topological polar surface area (TPSA) is 67.3 Å². The molecule has 2 heterocycles. The molecule has 1 aliphatic heterocycles. The second-order valence-electron chi connectivity index (χ2n) is 6.14. The lowest BCUT2D eigenvalue weighted by Crippen LogP contribution is -2.37. The van der Waals surface area contributed by atoms with Gasteiger partial charge in [-0.05, 0) is 31.5 Å². The quantitative estimate of drug-likeness (QED) is 0.905. The smallest absolute Gasteiger partial charge is 0.228 e. The fourth-order valence-corrected chi connectivity index (χ4v) is 2.80. The number of nitrogens with one attached hydrogen (secondary N) is 1. The maximum Gasteiger partial charge on any atom is 0.228 e. The highest BCUT2D eigenvalue weighted by atomic mass is 19.2. The van der Waals surface area contributed by atoms with Crippen LogP contribution in [-0.4, -0.2) is 42.2 Å². The lowest BCUT2D eigenvalue weighted by atomic mass is 10.1. The van der Waals surface area contributed by atoms with E-state index in [4.69, 9.17) is 4.74 Å². The maximum atomic E-state index is 13.3. The molecule has 0 radical (unpaired) electrons. The van der Waals surface area contributed by atoms with Crippen molar-refractivity contribution in [1.29, 1.82) is 0 Å². The van der Waals surface area contributed by atoms with Crippen molar-refractivity contribution in [3.05, 3.63) is 46.8 Å². The molecular formula is C18H20F2N4O2. The fourth-order valence-electron chi connectivity index (χ4n) is 2.80. The molecule has 1 aromatic carbocycles. The molecule has 3 rings (SSSR count). The lowest BCUT2D eigenvalue weighted by molar-refractivity contribution is -0.115. The van der Waals surface area contributed by atoms with E-state index in [0.717, 1.165) is 25.2 Å². The van der Waals surface area contributed by atoms with E-state index in [-0.39, 0.29) is 12.3 Å². The molecule has 1 saturated heterocycles. The van der Waals surface area contributed by atoms with Gasteiger partial charge in [0.05, 0.1) is 36.7 Å². The summed E-state index contributed by atoms with van der Waals surface area (Å²) >= 11 is 0. The molecule has 0 unspecified atom stereocenters. The van der Waals surface area contributed by atoms with Crippen molar-refractivity contribution < 1.29 is 18.3 Å². The number of anilines is 2. The van der Waals surface area contributed by atoms with E-state index in [2.05, 4.69) is 15.3 Å². The van der Waals surface area contributed by atoms with Crippen molar-refractivity contribution in [3.63, 3.8) is 0 Å². The predicted octanol–water partition coefficient (Wildman–Crippen LogP) is 2.39. The lowest BCUT2D eigenvalue weighted by Gasteiger charge is -2.27. The first-order chi connectivity index (χ1) is 12.4. The molecule has 8 heteroatoms. The number of hydrogen-bond donors (Lipinski definition) is 1. The summed E-state index contributed by atoms with van der Waals surface area (Å²) in [7, 11) is 0. The van der Waals surface area contributed by atoms with Crippen LogP contribution in [0.2, 0.25) is 0 Å². The number of carbonyl (C=O) groups is 1. The maximum absolute atomic E-state index is 13.3. The molecule has 26 heavy (non-hydrogen) atoms. The van der Waals surface area contributed by atoms with Gasteiger partial charge >= 0.3 is 0 Å². The molecule has 138 valence electrons. The van der Waals surface area contributed by atoms with Gasteiger partial charge in [0, 0.05) is 13.1 Å². The van der Waals surface area contributed by atoms with Crippen LogP contribution in [0.5, 0.6) is 0 Å². The highest BCUT2D eigenvalue weighted by Crippen LogP contribution is 2.21. The van der Waals surface area contributed by atoms with Crippen molar-refractivity contribution in [2.45, 2.75) is 20.3 Å². The monoisotopic (exact) mass is 362 g/mol. The van der Waals surface area contributed by atoms with Crippen LogP contribution in [0.4, 0.5) is 20.4 Å². The summed E-state index contributed by atoms with van der Waals surface area (Å²) < 4.78 is 31.6. The largest absolute Gasteiger partial charge is 0.378 e. The SMILES string of the molecule is Cc1nc(N2CCOCC2)nc(C)c1NC(=O)Cc1ccc(F)c(F)c1. The molecule has 0 atom stereocenters. The minimum absolute atomic E-state index is 0.0682. The summed E-state index contributed by atoms with van der Waals surface area (Å²) in [6, 6.07) is 3.41. The van der Waals surface area contributed by atoms with Gasteiger partial charge in [-0.25, -0.2) is 18.7 Å². The molecule has 1 aliphatic rings. The van der Waals surface area contributed by atoms with Crippen LogP contribution in [0.15, 0.2) is 18.2 Å². The molecule has 2 aromatic rings. The van der Waals surface area contributed by atoms with Gasteiger partial charge in [0.2, 0.25) is 11.9 Å². The van der Waals surface area contributed by atoms with Crippen LogP contribution in [-0.2, 0) is 16.0 Å². The molecular weight excluding hydrogens is 342 g/mol. The van der Waals surface area contributed by atoms with Gasteiger partial charge < -0.3 is 15.0 Å². The average Bonchev–Trinajstić information content (AvgIpc) is 2.62. The first-order valence-corrected chi connectivity index (χ1v) is 8.36. The number of amides is 1. The fraction of sp³-hybridized carbons (Fsp3) is 0.389. The number of ether oxygens (including phenoxy) is 1. The zero-order chi connectivity index (χ0) is 18.7. The summed E-state index contributed by atoms with van der Waals surface area (Å²) in [5.41, 5.74) is 2.23. The number of aryl methyl sites for hydroxylation is 2. The molecule has 6 nitrogen and oxygen atoms in total. The average molecular weight is 362 g/mol. The second kappa shape index (κ2) is 7.74. The Morgan fingerprint density at radius 2 is 1.81 bits per heavy atom.